The van der Waals surface area contributed by atoms with Crippen molar-refractivity contribution in [2.75, 3.05) is 13.1 Å². The fourth-order valence-corrected chi connectivity index (χ4v) is 3.81. The molecule has 0 fully saturated rings. The van der Waals surface area contributed by atoms with Crippen LogP contribution in [0.1, 0.15) is 15.9 Å². The third-order valence-corrected chi connectivity index (χ3v) is 5.27. The molecule has 0 atom stereocenters. The molecule has 7 heteroatoms. The van der Waals surface area contributed by atoms with Crippen molar-refractivity contribution in [1.82, 2.24) is 10.0 Å². The second-order valence-electron chi connectivity index (χ2n) is 4.93. The predicted octanol–water partition coefficient (Wildman–Crippen LogP) is 2.47. The Bertz CT molecular complexity index is 792. The maximum Gasteiger partial charge on any atom is 0.251 e. The van der Waals surface area contributed by atoms with Crippen molar-refractivity contribution in [3.05, 3.63) is 64.1 Å². The Hall–Kier alpha value is -1.70. The van der Waals surface area contributed by atoms with Crippen molar-refractivity contribution in [1.29, 1.82) is 0 Å². The lowest BCUT2D eigenvalue weighted by Crippen LogP contribution is -2.34. The van der Waals surface area contributed by atoms with E-state index in [2.05, 4.69) is 26.0 Å². The minimum atomic E-state index is -3.61. The first-order chi connectivity index (χ1) is 10.9. The zero-order valence-corrected chi connectivity index (χ0v) is 14.9. The van der Waals surface area contributed by atoms with Gasteiger partial charge in [0.25, 0.3) is 5.91 Å². The Kier molecular flexibility index (Phi) is 5.92. The Labute approximate surface area is 144 Å². The van der Waals surface area contributed by atoms with Gasteiger partial charge in [-0.15, -0.1) is 0 Å². The Balaban J connectivity index is 1.90. The highest BCUT2D eigenvalue weighted by Crippen LogP contribution is 2.20. The Morgan fingerprint density at radius 3 is 2.48 bits per heavy atom. The number of sulfonamides is 1. The molecule has 0 heterocycles. The molecular weight excluding hydrogens is 380 g/mol. The molecule has 2 aromatic rings. The summed E-state index contributed by atoms with van der Waals surface area (Å²) in [6.45, 7) is 2.06. The molecule has 1 amide bonds. The van der Waals surface area contributed by atoms with E-state index in [1.807, 2.05) is 6.07 Å². The molecular formula is C16H17BrN2O3S. The number of carbonyl (C=O) groups is 1. The number of benzene rings is 2. The standard InChI is InChI=1S/C16H17BrN2O3S/c1-12-7-8-14(17)11-15(12)23(21,22)19-10-9-18-16(20)13-5-3-2-4-6-13/h2-8,11,19H,9-10H2,1H3,(H,18,20). The van der Waals surface area contributed by atoms with Crippen molar-refractivity contribution in [3.8, 4) is 0 Å². The topological polar surface area (TPSA) is 75.3 Å². The molecule has 0 spiro atoms. The number of aryl methyl sites for hydroxylation is 1. The zero-order valence-electron chi connectivity index (χ0n) is 12.5. The maximum atomic E-state index is 12.3. The average Bonchev–Trinajstić information content (AvgIpc) is 2.54. The van der Waals surface area contributed by atoms with E-state index in [4.69, 9.17) is 0 Å². The van der Waals surface area contributed by atoms with Gasteiger partial charge in [-0.1, -0.05) is 40.2 Å². The van der Waals surface area contributed by atoms with Gasteiger partial charge in [0.2, 0.25) is 10.0 Å². The van der Waals surface area contributed by atoms with E-state index in [-0.39, 0.29) is 23.9 Å². The van der Waals surface area contributed by atoms with Crippen LogP contribution in [0.25, 0.3) is 0 Å². The second kappa shape index (κ2) is 7.72. The number of carbonyl (C=O) groups excluding carboxylic acids is 1. The molecule has 23 heavy (non-hydrogen) atoms. The van der Waals surface area contributed by atoms with Crippen LogP contribution in [-0.2, 0) is 10.0 Å². The summed E-state index contributed by atoms with van der Waals surface area (Å²) in [7, 11) is -3.61. The average molecular weight is 397 g/mol. The molecule has 2 N–H and O–H groups in total. The first kappa shape index (κ1) is 17.7. The number of rotatable bonds is 6. The Morgan fingerprint density at radius 2 is 1.78 bits per heavy atom. The van der Waals surface area contributed by atoms with Crippen LogP contribution in [0.4, 0.5) is 0 Å². The number of amides is 1. The number of halogens is 1. The molecule has 2 rings (SSSR count). The monoisotopic (exact) mass is 396 g/mol. The quantitative estimate of drug-likeness (QED) is 0.736. The van der Waals surface area contributed by atoms with Crippen LogP contribution >= 0.6 is 15.9 Å². The van der Waals surface area contributed by atoms with E-state index in [0.29, 0.717) is 15.6 Å². The molecule has 0 unspecified atom stereocenters. The van der Waals surface area contributed by atoms with Crippen LogP contribution in [0.15, 0.2) is 57.9 Å². The van der Waals surface area contributed by atoms with E-state index in [0.717, 1.165) is 0 Å². The van der Waals surface area contributed by atoms with Gasteiger partial charge in [0.1, 0.15) is 0 Å². The molecule has 2 aromatic carbocycles. The fraction of sp³-hybridized carbons (Fsp3) is 0.188. The fourth-order valence-electron chi connectivity index (χ4n) is 1.99. The molecule has 0 saturated carbocycles. The third-order valence-electron chi connectivity index (χ3n) is 3.18. The van der Waals surface area contributed by atoms with Gasteiger partial charge in [-0.3, -0.25) is 4.79 Å². The smallest absolute Gasteiger partial charge is 0.251 e. The summed E-state index contributed by atoms with van der Waals surface area (Å²) in [4.78, 5) is 12.1. The summed E-state index contributed by atoms with van der Waals surface area (Å²) >= 11 is 3.27. The van der Waals surface area contributed by atoms with Crippen molar-refractivity contribution >= 4 is 31.9 Å². The lowest BCUT2D eigenvalue weighted by Gasteiger charge is -2.10. The van der Waals surface area contributed by atoms with Gasteiger partial charge in [0.15, 0.2) is 0 Å². The van der Waals surface area contributed by atoms with Crippen LogP contribution in [0.3, 0.4) is 0 Å². The highest BCUT2D eigenvalue weighted by molar-refractivity contribution is 9.10. The molecule has 0 radical (unpaired) electrons. The number of hydrogen-bond acceptors (Lipinski definition) is 3. The van der Waals surface area contributed by atoms with Crippen molar-refractivity contribution in [2.45, 2.75) is 11.8 Å². The number of nitrogens with one attached hydrogen (secondary N) is 2. The normalized spacial score (nSPS) is 11.2. The van der Waals surface area contributed by atoms with Gasteiger partial charge in [-0.2, -0.15) is 0 Å². The lowest BCUT2D eigenvalue weighted by atomic mass is 10.2. The van der Waals surface area contributed by atoms with Crippen LogP contribution in [0.2, 0.25) is 0 Å². The highest BCUT2D eigenvalue weighted by atomic mass is 79.9. The van der Waals surface area contributed by atoms with Gasteiger partial charge < -0.3 is 5.32 Å². The van der Waals surface area contributed by atoms with Gasteiger partial charge in [0, 0.05) is 23.1 Å². The molecule has 0 aliphatic heterocycles. The van der Waals surface area contributed by atoms with Crippen molar-refractivity contribution in [2.24, 2.45) is 0 Å². The van der Waals surface area contributed by atoms with Gasteiger partial charge in [-0.05, 0) is 36.8 Å². The van der Waals surface area contributed by atoms with E-state index in [1.54, 1.807) is 49.4 Å². The highest BCUT2D eigenvalue weighted by Gasteiger charge is 2.16. The van der Waals surface area contributed by atoms with Crippen LogP contribution < -0.4 is 10.0 Å². The predicted molar refractivity (Wildman–Crippen MR) is 92.8 cm³/mol. The van der Waals surface area contributed by atoms with E-state index >= 15 is 0 Å². The van der Waals surface area contributed by atoms with Gasteiger partial charge in [0.05, 0.1) is 4.90 Å². The maximum absolute atomic E-state index is 12.3. The molecule has 0 aliphatic rings. The molecule has 0 saturated heterocycles. The van der Waals surface area contributed by atoms with E-state index in [9.17, 15) is 13.2 Å². The first-order valence-corrected chi connectivity index (χ1v) is 9.27. The summed E-state index contributed by atoms with van der Waals surface area (Å²) in [5.41, 5.74) is 1.20. The molecule has 0 aliphatic carbocycles. The SMILES string of the molecule is Cc1ccc(Br)cc1S(=O)(=O)NCCNC(=O)c1ccccc1. The number of hydrogen-bond donors (Lipinski definition) is 2. The molecule has 0 aromatic heterocycles. The van der Waals surface area contributed by atoms with Gasteiger partial charge >= 0.3 is 0 Å². The molecule has 5 nitrogen and oxygen atoms in total. The first-order valence-electron chi connectivity index (χ1n) is 6.99. The Morgan fingerprint density at radius 1 is 1.09 bits per heavy atom. The second-order valence-corrected chi connectivity index (χ2v) is 7.58. The van der Waals surface area contributed by atoms with Crippen molar-refractivity contribution < 1.29 is 13.2 Å². The van der Waals surface area contributed by atoms with Crippen LogP contribution in [0, 0.1) is 6.92 Å². The summed E-state index contributed by atoms with van der Waals surface area (Å²) in [6.07, 6.45) is 0. The summed E-state index contributed by atoms with van der Waals surface area (Å²) in [5, 5.41) is 2.67. The van der Waals surface area contributed by atoms with E-state index in [1.165, 1.54) is 0 Å². The third kappa shape index (κ3) is 4.89. The largest absolute Gasteiger partial charge is 0.351 e. The van der Waals surface area contributed by atoms with E-state index < -0.39 is 10.0 Å². The van der Waals surface area contributed by atoms with Gasteiger partial charge in [-0.25, -0.2) is 13.1 Å². The van der Waals surface area contributed by atoms with Crippen LogP contribution in [-0.4, -0.2) is 27.4 Å². The molecule has 122 valence electrons. The molecule has 0 bridgehead atoms. The zero-order chi connectivity index (χ0) is 16.9. The van der Waals surface area contributed by atoms with Crippen LogP contribution in [0.5, 0.6) is 0 Å². The van der Waals surface area contributed by atoms with Crippen molar-refractivity contribution in [3.63, 3.8) is 0 Å². The lowest BCUT2D eigenvalue weighted by molar-refractivity contribution is 0.0954. The summed E-state index contributed by atoms with van der Waals surface area (Å²) in [6, 6.07) is 13.8. The minimum absolute atomic E-state index is 0.118. The summed E-state index contributed by atoms with van der Waals surface area (Å²) in [5.74, 6) is -0.233. The minimum Gasteiger partial charge on any atom is -0.351 e. The summed E-state index contributed by atoms with van der Waals surface area (Å²) < 4.78 is 27.7.